The van der Waals surface area contributed by atoms with Gasteiger partial charge in [-0.3, -0.25) is 0 Å². The fourth-order valence-electron chi connectivity index (χ4n) is 5.51. The predicted molar refractivity (Wildman–Crippen MR) is 140 cm³/mol. The first-order chi connectivity index (χ1) is 16.5. The van der Waals surface area contributed by atoms with Crippen LogP contribution in [0.1, 0.15) is 60.8 Å². The molecular formula is C30H41N2O3+. The fraction of sp³-hybridized carbons (Fsp3) is 0.533. The Morgan fingerprint density at radius 3 is 2.43 bits per heavy atom. The summed E-state index contributed by atoms with van der Waals surface area (Å²) in [5, 5.41) is 0. The molecule has 0 radical (unpaired) electrons. The van der Waals surface area contributed by atoms with Crippen LogP contribution >= 0.6 is 0 Å². The second-order valence-electron chi connectivity index (χ2n) is 11.6. The molecule has 1 saturated carbocycles. The van der Waals surface area contributed by atoms with Gasteiger partial charge in [0.15, 0.2) is 17.6 Å². The van der Waals surface area contributed by atoms with Gasteiger partial charge >= 0.3 is 5.97 Å². The van der Waals surface area contributed by atoms with Gasteiger partial charge < -0.3 is 9.47 Å². The summed E-state index contributed by atoms with van der Waals surface area (Å²) in [5.74, 6) is 3.18. The van der Waals surface area contributed by atoms with Gasteiger partial charge in [-0.1, -0.05) is 39.3 Å². The minimum absolute atomic E-state index is 0.000827. The van der Waals surface area contributed by atoms with Crippen molar-refractivity contribution in [1.29, 1.82) is 0 Å². The average Bonchev–Trinajstić information content (AvgIpc) is 3.05. The van der Waals surface area contributed by atoms with E-state index in [9.17, 15) is 4.79 Å². The van der Waals surface area contributed by atoms with E-state index in [4.69, 9.17) is 9.47 Å². The van der Waals surface area contributed by atoms with Gasteiger partial charge in [-0.2, -0.15) is 0 Å². The van der Waals surface area contributed by atoms with Crippen LogP contribution in [0.4, 0.5) is 0 Å². The van der Waals surface area contributed by atoms with Gasteiger partial charge in [-0.25, -0.2) is 13.9 Å². The van der Waals surface area contributed by atoms with Gasteiger partial charge in [-0.15, -0.1) is 0 Å². The highest BCUT2D eigenvalue weighted by atomic mass is 16.5. The van der Waals surface area contributed by atoms with E-state index >= 15 is 0 Å². The number of rotatable bonds is 6. The molecule has 0 amide bonds. The summed E-state index contributed by atoms with van der Waals surface area (Å²) >= 11 is 0. The van der Waals surface area contributed by atoms with Crippen LogP contribution in [-0.4, -0.2) is 22.2 Å². The lowest BCUT2D eigenvalue weighted by Gasteiger charge is -2.36. The summed E-state index contributed by atoms with van der Waals surface area (Å²) in [6.45, 7) is 13.1. The molecule has 1 fully saturated rings. The van der Waals surface area contributed by atoms with Crippen molar-refractivity contribution in [3.05, 3.63) is 48.5 Å². The highest BCUT2D eigenvalue weighted by molar-refractivity contribution is 5.79. The number of para-hydroxylation sites is 2. The first kappa shape index (κ1) is 25.3. The smallest absolute Gasteiger partial charge is 0.348 e. The zero-order chi connectivity index (χ0) is 25.3. The van der Waals surface area contributed by atoms with Gasteiger partial charge in [0.25, 0.3) is 5.82 Å². The molecule has 188 valence electrons. The number of hydrogen-bond donors (Lipinski definition) is 0. The van der Waals surface area contributed by atoms with Crippen molar-refractivity contribution in [2.45, 2.75) is 79.1 Å². The Balaban J connectivity index is 1.65. The van der Waals surface area contributed by atoms with Crippen molar-refractivity contribution in [3.8, 4) is 17.1 Å². The van der Waals surface area contributed by atoms with E-state index in [1.165, 1.54) is 6.42 Å². The number of fused-ring (bicyclic) bond motifs is 1. The molecule has 4 rings (SSSR count). The summed E-state index contributed by atoms with van der Waals surface area (Å²) in [6, 6.07) is 16.3. The Kier molecular flexibility index (Phi) is 7.25. The molecule has 1 aliphatic rings. The number of ether oxygens (including phenoxy) is 2. The van der Waals surface area contributed by atoms with E-state index in [-0.39, 0.29) is 24.2 Å². The lowest BCUT2D eigenvalue weighted by atomic mass is 9.75. The number of nitrogens with zero attached hydrogens (tertiary/aromatic N) is 2. The molecule has 3 aromatic rings. The maximum absolute atomic E-state index is 13.3. The summed E-state index contributed by atoms with van der Waals surface area (Å²) in [4.78, 5) is 13.3. The minimum atomic E-state index is -0.255. The first-order valence-electron chi connectivity index (χ1n) is 13.0. The van der Waals surface area contributed by atoms with Crippen LogP contribution in [0.2, 0.25) is 0 Å². The molecule has 1 aromatic heterocycles. The van der Waals surface area contributed by atoms with E-state index in [0.29, 0.717) is 17.8 Å². The molecule has 0 N–H and O–H groups in total. The van der Waals surface area contributed by atoms with Gasteiger partial charge in [0.1, 0.15) is 17.5 Å². The fourth-order valence-corrected chi connectivity index (χ4v) is 5.51. The van der Waals surface area contributed by atoms with Crippen molar-refractivity contribution in [2.75, 3.05) is 0 Å². The van der Waals surface area contributed by atoms with E-state index in [2.05, 4.69) is 61.2 Å². The summed E-state index contributed by atoms with van der Waals surface area (Å²) in [6.07, 6.45) is 3.30. The van der Waals surface area contributed by atoms with Crippen LogP contribution in [-0.2, 0) is 23.1 Å². The third-order valence-corrected chi connectivity index (χ3v) is 7.18. The van der Waals surface area contributed by atoms with Gasteiger partial charge in [-0.05, 0) is 87.8 Å². The van der Waals surface area contributed by atoms with Crippen LogP contribution in [0.15, 0.2) is 48.5 Å². The number of carbonyl (C=O) groups is 1. The van der Waals surface area contributed by atoms with Crippen LogP contribution in [0.3, 0.4) is 0 Å². The minimum Gasteiger partial charge on any atom is -0.488 e. The van der Waals surface area contributed by atoms with Crippen molar-refractivity contribution in [2.24, 2.45) is 24.8 Å². The van der Waals surface area contributed by atoms with Crippen molar-refractivity contribution in [3.63, 3.8) is 0 Å². The Bertz CT molecular complexity index is 1170. The monoisotopic (exact) mass is 477 g/mol. The lowest BCUT2D eigenvalue weighted by Crippen LogP contribution is -2.37. The molecule has 5 nitrogen and oxygen atoms in total. The van der Waals surface area contributed by atoms with Gasteiger partial charge in [0, 0.05) is 0 Å². The third-order valence-electron chi connectivity index (χ3n) is 7.18. The molecule has 0 aliphatic heterocycles. The van der Waals surface area contributed by atoms with Crippen LogP contribution in [0, 0.1) is 17.8 Å². The Morgan fingerprint density at radius 1 is 1.09 bits per heavy atom. The number of imidazole rings is 1. The molecule has 0 bridgehead atoms. The maximum atomic E-state index is 13.3. The standard InChI is InChI=1S/C30H41N2O3/c1-20(2)24-17-12-21(3)18-27(24)34-28(33)19-32-26-11-9-8-10-25(26)31(7)29(32)22-13-15-23(16-14-22)35-30(4,5)6/h8-11,13-16,20-21,24,27H,12,17-19H2,1-7H3/q+1/t21-,24+,27-/m1/s1. The third kappa shape index (κ3) is 5.71. The van der Waals surface area contributed by atoms with Gasteiger partial charge in [0.2, 0.25) is 0 Å². The van der Waals surface area contributed by atoms with Crippen molar-refractivity contribution >= 4 is 17.0 Å². The normalized spacial score (nSPS) is 20.9. The Morgan fingerprint density at radius 2 is 1.77 bits per heavy atom. The van der Waals surface area contributed by atoms with Crippen LogP contribution in [0.25, 0.3) is 22.4 Å². The first-order valence-corrected chi connectivity index (χ1v) is 13.0. The number of aromatic nitrogens is 2. The number of hydrogen-bond acceptors (Lipinski definition) is 3. The maximum Gasteiger partial charge on any atom is 0.348 e. The van der Waals surface area contributed by atoms with E-state index in [1.54, 1.807) is 0 Å². The molecule has 3 atom stereocenters. The Hall–Kier alpha value is -2.82. The second kappa shape index (κ2) is 10.0. The number of benzene rings is 2. The predicted octanol–water partition coefficient (Wildman–Crippen LogP) is 6.31. The zero-order valence-corrected chi connectivity index (χ0v) is 22.4. The second-order valence-corrected chi connectivity index (χ2v) is 11.6. The number of aryl methyl sites for hydroxylation is 1. The largest absolute Gasteiger partial charge is 0.488 e. The number of esters is 1. The van der Waals surface area contributed by atoms with E-state index in [1.807, 2.05) is 45.0 Å². The molecule has 0 saturated heterocycles. The van der Waals surface area contributed by atoms with E-state index < -0.39 is 0 Å². The molecule has 1 heterocycles. The quantitative estimate of drug-likeness (QED) is 0.308. The van der Waals surface area contributed by atoms with Crippen LogP contribution < -0.4 is 9.30 Å². The lowest BCUT2D eigenvalue weighted by molar-refractivity contribution is -0.634. The molecule has 0 unspecified atom stereocenters. The van der Waals surface area contributed by atoms with Crippen molar-refractivity contribution in [1.82, 2.24) is 4.57 Å². The topological polar surface area (TPSA) is 44.3 Å². The average molecular weight is 478 g/mol. The zero-order valence-electron chi connectivity index (χ0n) is 22.4. The highest BCUT2D eigenvalue weighted by Crippen LogP contribution is 2.35. The molecular weight excluding hydrogens is 436 g/mol. The summed E-state index contributed by atoms with van der Waals surface area (Å²) < 4.78 is 16.4. The van der Waals surface area contributed by atoms with E-state index in [0.717, 1.165) is 41.0 Å². The number of carbonyl (C=O) groups excluding carboxylic acids is 1. The molecule has 2 aromatic carbocycles. The molecule has 35 heavy (non-hydrogen) atoms. The van der Waals surface area contributed by atoms with Gasteiger partial charge in [0.05, 0.1) is 12.6 Å². The molecule has 0 spiro atoms. The summed E-state index contributed by atoms with van der Waals surface area (Å²) in [5.41, 5.74) is 2.88. The molecule has 1 aliphatic carbocycles. The van der Waals surface area contributed by atoms with Crippen molar-refractivity contribution < 1.29 is 18.8 Å². The molecule has 5 heteroatoms. The SMILES string of the molecule is CC(C)[C@@H]1CC[C@@H](C)C[C@H]1OC(=O)Cn1c(-c2ccc(OC(C)(C)C)cc2)[n+](C)c2ccccc21. The van der Waals surface area contributed by atoms with Crippen LogP contribution in [0.5, 0.6) is 5.75 Å². The highest BCUT2D eigenvalue weighted by Gasteiger charge is 2.34. The Labute approximate surface area is 210 Å². The summed E-state index contributed by atoms with van der Waals surface area (Å²) in [7, 11) is 2.05.